The van der Waals surface area contributed by atoms with Crippen LogP contribution in [-0.2, 0) is 13.7 Å². The number of likely N-dealkylation sites (N-methyl/N-ethyl adjacent to an activating group) is 1. The van der Waals surface area contributed by atoms with E-state index in [2.05, 4.69) is 21.2 Å². The molecule has 8 heteroatoms. The van der Waals surface area contributed by atoms with Gasteiger partial charge in [-0.25, -0.2) is 15.1 Å². The highest BCUT2D eigenvalue weighted by Crippen LogP contribution is 2.47. The summed E-state index contributed by atoms with van der Waals surface area (Å²) in [5.41, 5.74) is 0. The van der Waals surface area contributed by atoms with Crippen LogP contribution in [0.15, 0.2) is 4.76 Å². The van der Waals surface area contributed by atoms with Crippen molar-refractivity contribution in [3.8, 4) is 0 Å². The SMILES string of the molecule is CCCCCCN1CCN(C)/C1=N\P(=O)(OC)ON. The van der Waals surface area contributed by atoms with Gasteiger partial charge >= 0.3 is 7.75 Å². The molecule has 0 aliphatic carbocycles. The van der Waals surface area contributed by atoms with Crippen molar-refractivity contribution in [2.75, 3.05) is 33.8 Å². The van der Waals surface area contributed by atoms with Crippen molar-refractivity contribution < 1.29 is 13.7 Å². The molecule has 1 saturated heterocycles. The maximum absolute atomic E-state index is 12.0. The first-order valence-corrected chi connectivity index (χ1v) is 8.16. The average Bonchev–Trinajstić information content (AvgIpc) is 2.76. The Hall–Kier alpha value is -0.620. The van der Waals surface area contributed by atoms with Crippen LogP contribution >= 0.6 is 7.75 Å². The van der Waals surface area contributed by atoms with Gasteiger partial charge in [0, 0.05) is 33.8 Å². The third-order valence-corrected chi connectivity index (χ3v) is 4.34. The van der Waals surface area contributed by atoms with Gasteiger partial charge in [0.1, 0.15) is 0 Å². The number of nitrogens with zero attached hydrogens (tertiary/aromatic N) is 3. The van der Waals surface area contributed by atoms with E-state index in [4.69, 9.17) is 10.4 Å². The van der Waals surface area contributed by atoms with Crippen LogP contribution in [0.3, 0.4) is 0 Å². The molecule has 0 aromatic carbocycles. The van der Waals surface area contributed by atoms with Crippen LogP contribution in [0.25, 0.3) is 0 Å². The fourth-order valence-electron chi connectivity index (χ4n) is 2.01. The quantitative estimate of drug-likeness (QED) is 0.417. The van der Waals surface area contributed by atoms with E-state index in [1.165, 1.54) is 26.4 Å². The summed E-state index contributed by atoms with van der Waals surface area (Å²) in [5.74, 6) is 5.63. The van der Waals surface area contributed by atoms with Gasteiger partial charge in [0.05, 0.1) is 0 Å². The zero-order valence-electron chi connectivity index (χ0n) is 12.0. The van der Waals surface area contributed by atoms with Gasteiger partial charge in [0.2, 0.25) is 5.96 Å². The highest BCUT2D eigenvalue weighted by Gasteiger charge is 2.29. The zero-order valence-corrected chi connectivity index (χ0v) is 12.9. The maximum Gasteiger partial charge on any atom is 0.473 e. The summed E-state index contributed by atoms with van der Waals surface area (Å²) in [4.78, 5) is 4.03. The minimum Gasteiger partial charge on any atom is -0.344 e. The molecular weight excluding hydrogens is 267 g/mol. The Labute approximate surface area is 115 Å². The second-order valence-corrected chi connectivity index (χ2v) is 6.34. The molecule has 0 radical (unpaired) electrons. The van der Waals surface area contributed by atoms with Crippen LogP contribution in [-0.4, -0.2) is 49.6 Å². The maximum atomic E-state index is 12.0. The Bertz CT molecular complexity index is 343. The summed E-state index contributed by atoms with van der Waals surface area (Å²) in [7, 11) is -0.387. The van der Waals surface area contributed by atoms with Crippen molar-refractivity contribution >= 4 is 13.7 Å². The van der Waals surface area contributed by atoms with E-state index in [-0.39, 0.29) is 0 Å². The predicted octanol–water partition coefficient (Wildman–Crippen LogP) is 1.81. The molecule has 0 amide bonds. The van der Waals surface area contributed by atoms with E-state index < -0.39 is 7.75 Å². The molecule has 1 aliphatic rings. The molecule has 1 atom stereocenters. The van der Waals surface area contributed by atoms with Crippen molar-refractivity contribution in [1.29, 1.82) is 0 Å². The summed E-state index contributed by atoms with van der Waals surface area (Å²) >= 11 is 0. The number of hydrogen-bond donors (Lipinski definition) is 1. The molecule has 1 aliphatic heterocycles. The number of unbranched alkanes of at least 4 members (excludes halogenated alkanes) is 3. The van der Waals surface area contributed by atoms with Crippen LogP contribution in [0.2, 0.25) is 0 Å². The molecule has 1 rings (SSSR count). The highest BCUT2D eigenvalue weighted by molar-refractivity contribution is 7.52. The lowest BCUT2D eigenvalue weighted by Gasteiger charge is -2.21. The van der Waals surface area contributed by atoms with Crippen LogP contribution in [0.4, 0.5) is 0 Å². The molecule has 19 heavy (non-hydrogen) atoms. The van der Waals surface area contributed by atoms with E-state index in [1.807, 2.05) is 11.9 Å². The Kier molecular flexibility index (Phi) is 6.79. The van der Waals surface area contributed by atoms with Gasteiger partial charge in [-0.15, -0.1) is 4.76 Å². The molecule has 112 valence electrons. The van der Waals surface area contributed by atoms with Gasteiger partial charge in [-0.3, -0.25) is 4.52 Å². The molecule has 0 saturated carbocycles. The van der Waals surface area contributed by atoms with E-state index in [0.29, 0.717) is 5.96 Å². The second kappa shape index (κ2) is 7.85. The lowest BCUT2D eigenvalue weighted by molar-refractivity contribution is 0.239. The minimum absolute atomic E-state index is 0.632. The fraction of sp³-hybridized carbons (Fsp3) is 0.909. The third kappa shape index (κ3) is 4.76. The fourth-order valence-corrected chi connectivity index (χ4v) is 2.72. The standard InChI is InChI=1S/C11H25N4O3P/c1-4-5-6-7-8-15-10-9-14(2)11(15)13-19(16,17-3)18-12/h4-10,12H2,1-3H3/b13-11+. The van der Waals surface area contributed by atoms with Gasteiger partial charge in [-0.05, 0) is 6.42 Å². The number of guanidine groups is 1. The lowest BCUT2D eigenvalue weighted by Crippen LogP contribution is -2.32. The predicted molar refractivity (Wildman–Crippen MR) is 75.7 cm³/mol. The molecule has 1 fully saturated rings. The Morgan fingerprint density at radius 2 is 2.11 bits per heavy atom. The Morgan fingerprint density at radius 3 is 2.68 bits per heavy atom. The van der Waals surface area contributed by atoms with E-state index >= 15 is 0 Å². The minimum atomic E-state index is -3.57. The molecule has 0 aromatic rings. The monoisotopic (exact) mass is 292 g/mol. The van der Waals surface area contributed by atoms with Gasteiger partial charge in [0.25, 0.3) is 0 Å². The Balaban J connectivity index is 2.66. The van der Waals surface area contributed by atoms with Crippen LogP contribution < -0.4 is 5.90 Å². The summed E-state index contributed by atoms with van der Waals surface area (Å²) in [6, 6.07) is 0. The van der Waals surface area contributed by atoms with Crippen molar-refractivity contribution in [3.05, 3.63) is 0 Å². The number of hydrogen-bond acceptors (Lipinski definition) is 4. The van der Waals surface area contributed by atoms with E-state index in [0.717, 1.165) is 26.1 Å². The molecule has 1 unspecified atom stereocenters. The summed E-state index contributed by atoms with van der Waals surface area (Å²) in [6.45, 7) is 4.80. The lowest BCUT2D eigenvalue weighted by atomic mass is 10.2. The largest absolute Gasteiger partial charge is 0.473 e. The summed E-state index contributed by atoms with van der Waals surface area (Å²) in [6.07, 6.45) is 4.74. The molecule has 0 aromatic heterocycles. The van der Waals surface area contributed by atoms with Crippen molar-refractivity contribution in [2.24, 2.45) is 10.7 Å². The number of nitrogens with two attached hydrogens (primary N) is 1. The first-order valence-electron chi connectivity index (χ1n) is 6.67. The molecular formula is C11H25N4O3P. The van der Waals surface area contributed by atoms with Gasteiger partial charge in [-0.1, -0.05) is 26.2 Å². The van der Waals surface area contributed by atoms with Crippen LogP contribution in [0.1, 0.15) is 32.6 Å². The zero-order chi connectivity index (χ0) is 14.3. The van der Waals surface area contributed by atoms with E-state index in [1.54, 1.807) is 0 Å². The number of rotatable bonds is 8. The van der Waals surface area contributed by atoms with Crippen molar-refractivity contribution in [3.63, 3.8) is 0 Å². The molecule has 0 bridgehead atoms. The van der Waals surface area contributed by atoms with Gasteiger partial charge in [-0.2, -0.15) is 0 Å². The molecule has 0 spiro atoms. The average molecular weight is 292 g/mol. The topological polar surface area (TPSA) is 80.4 Å². The molecule has 1 heterocycles. The van der Waals surface area contributed by atoms with Gasteiger partial charge < -0.3 is 9.80 Å². The first kappa shape index (κ1) is 16.4. The first-order chi connectivity index (χ1) is 9.06. The summed E-state index contributed by atoms with van der Waals surface area (Å²) in [5, 5.41) is 0. The van der Waals surface area contributed by atoms with Crippen LogP contribution in [0, 0.1) is 0 Å². The highest BCUT2D eigenvalue weighted by atomic mass is 31.2. The van der Waals surface area contributed by atoms with Crippen molar-refractivity contribution in [1.82, 2.24) is 9.80 Å². The summed E-state index contributed by atoms with van der Waals surface area (Å²) < 4.78 is 25.2. The molecule has 7 nitrogen and oxygen atoms in total. The van der Waals surface area contributed by atoms with E-state index in [9.17, 15) is 4.57 Å². The second-order valence-electron chi connectivity index (χ2n) is 4.63. The van der Waals surface area contributed by atoms with Crippen LogP contribution in [0.5, 0.6) is 0 Å². The van der Waals surface area contributed by atoms with Gasteiger partial charge in [0.15, 0.2) is 0 Å². The molecule has 2 N–H and O–H groups in total. The Morgan fingerprint density at radius 1 is 1.37 bits per heavy atom. The third-order valence-electron chi connectivity index (χ3n) is 3.19. The smallest absolute Gasteiger partial charge is 0.344 e. The normalized spacial score (nSPS) is 21.2. The van der Waals surface area contributed by atoms with Crippen molar-refractivity contribution in [2.45, 2.75) is 32.6 Å².